The standard InChI is InChI=1S/C23H20FN5O/c24-16-6-7-19-18(14-16)23(28-22(27-19)17-4-1-2-5-20(17)30)29-12-8-15(9-13-29)21-25-10-3-11-26-21/h1-7,10-11,14-15,30H,8-9,12-13H2. The second-order valence-electron chi connectivity index (χ2n) is 7.42. The summed E-state index contributed by atoms with van der Waals surface area (Å²) in [6.07, 6.45) is 5.32. The van der Waals surface area contributed by atoms with Gasteiger partial charge < -0.3 is 10.0 Å². The molecule has 0 bridgehead atoms. The minimum absolute atomic E-state index is 0.116. The van der Waals surface area contributed by atoms with Crippen molar-refractivity contribution < 1.29 is 9.50 Å². The molecular formula is C23H20FN5O. The van der Waals surface area contributed by atoms with Crippen LogP contribution >= 0.6 is 0 Å². The van der Waals surface area contributed by atoms with Gasteiger partial charge in [0.05, 0.1) is 11.1 Å². The fourth-order valence-corrected chi connectivity index (χ4v) is 3.98. The third-order valence-electron chi connectivity index (χ3n) is 5.53. The molecule has 2 aromatic carbocycles. The van der Waals surface area contributed by atoms with Crippen LogP contribution in [-0.2, 0) is 0 Å². The van der Waals surface area contributed by atoms with E-state index < -0.39 is 0 Å². The maximum atomic E-state index is 14.0. The van der Waals surface area contributed by atoms with Crippen molar-refractivity contribution in [3.05, 3.63) is 72.6 Å². The van der Waals surface area contributed by atoms with E-state index in [9.17, 15) is 9.50 Å². The second-order valence-corrected chi connectivity index (χ2v) is 7.42. The normalized spacial score (nSPS) is 14.9. The van der Waals surface area contributed by atoms with Crippen LogP contribution in [0.3, 0.4) is 0 Å². The lowest BCUT2D eigenvalue weighted by Gasteiger charge is -2.32. The van der Waals surface area contributed by atoms with E-state index in [0.717, 1.165) is 31.8 Å². The first-order valence-corrected chi connectivity index (χ1v) is 9.96. The van der Waals surface area contributed by atoms with Crippen molar-refractivity contribution in [3.8, 4) is 17.1 Å². The first-order chi connectivity index (χ1) is 14.7. The molecule has 3 heterocycles. The summed E-state index contributed by atoms with van der Waals surface area (Å²) in [7, 11) is 0. The first kappa shape index (κ1) is 18.4. The second kappa shape index (κ2) is 7.67. The maximum Gasteiger partial charge on any atom is 0.165 e. The minimum atomic E-state index is -0.324. The lowest BCUT2D eigenvalue weighted by Crippen LogP contribution is -2.34. The number of fused-ring (bicyclic) bond motifs is 1. The molecule has 1 N–H and O–H groups in total. The third kappa shape index (κ3) is 3.43. The monoisotopic (exact) mass is 401 g/mol. The van der Waals surface area contributed by atoms with Gasteiger partial charge in [-0.05, 0) is 49.2 Å². The van der Waals surface area contributed by atoms with E-state index in [0.29, 0.717) is 34.0 Å². The van der Waals surface area contributed by atoms with Gasteiger partial charge in [-0.2, -0.15) is 0 Å². The number of halogens is 1. The average Bonchev–Trinajstić information content (AvgIpc) is 2.79. The summed E-state index contributed by atoms with van der Waals surface area (Å²) < 4.78 is 14.0. The van der Waals surface area contributed by atoms with Gasteiger partial charge in [-0.3, -0.25) is 0 Å². The Morgan fingerprint density at radius 1 is 0.933 bits per heavy atom. The van der Waals surface area contributed by atoms with Crippen molar-refractivity contribution >= 4 is 16.7 Å². The van der Waals surface area contributed by atoms with Crippen molar-refractivity contribution in [2.24, 2.45) is 0 Å². The number of nitrogens with zero attached hydrogens (tertiary/aromatic N) is 5. The van der Waals surface area contributed by atoms with Crippen LogP contribution in [0, 0.1) is 5.82 Å². The fraction of sp³-hybridized carbons (Fsp3) is 0.217. The molecule has 150 valence electrons. The number of rotatable bonds is 3. The zero-order valence-corrected chi connectivity index (χ0v) is 16.2. The SMILES string of the molecule is Oc1ccccc1-c1nc(N2CCC(c3ncccn3)CC2)c2cc(F)ccc2n1. The minimum Gasteiger partial charge on any atom is -0.507 e. The van der Waals surface area contributed by atoms with Crippen LogP contribution in [0.2, 0.25) is 0 Å². The van der Waals surface area contributed by atoms with E-state index in [2.05, 4.69) is 19.9 Å². The third-order valence-corrected chi connectivity index (χ3v) is 5.53. The van der Waals surface area contributed by atoms with Gasteiger partial charge >= 0.3 is 0 Å². The molecule has 0 atom stereocenters. The number of para-hydroxylation sites is 1. The number of aromatic hydroxyl groups is 1. The number of benzene rings is 2. The Labute approximate surface area is 173 Å². The molecule has 1 saturated heterocycles. The number of aromatic nitrogens is 4. The van der Waals surface area contributed by atoms with E-state index in [1.54, 1.807) is 36.7 Å². The largest absolute Gasteiger partial charge is 0.507 e. The van der Waals surface area contributed by atoms with Crippen molar-refractivity contribution in [3.63, 3.8) is 0 Å². The van der Waals surface area contributed by atoms with Gasteiger partial charge in [-0.1, -0.05) is 12.1 Å². The molecule has 5 rings (SSSR count). The highest BCUT2D eigenvalue weighted by Gasteiger charge is 2.25. The van der Waals surface area contributed by atoms with Crippen LogP contribution in [0.15, 0.2) is 60.9 Å². The van der Waals surface area contributed by atoms with Gasteiger partial charge in [0.15, 0.2) is 5.82 Å². The van der Waals surface area contributed by atoms with Gasteiger partial charge in [0.2, 0.25) is 0 Å². The highest BCUT2D eigenvalue weighted by atomic mass is 19.1. The Hall–Kier alpha value is -3.61. The van der Waals surface area contributed by atoms with Crippen molar-refractivity contribution in [1.82, 2.24) is 19.9 Å². The van der Waals surface area contributed by atoms with Crippen LogP contribution in [0.25, 0.3) is 22.3 Å². The molecule has 0 radical (unpaired) electrons. The van der Waals surface area contributed by atoms with Crippen LogP contribution in [0.5, 0.6) is 5.75 Å². The number of hydrogen-bond donors (Lipinski definition) is 1. The average molecular weight is 401 g/mol. The summed E-state index contributed by atoms with van der Waals surface area (Å²) in [5.41, 5.74) is 1.20. The Balaban J connectivity index is 1.53. The summed E-state index contributed by atoms with van der Waals surface area (Å²) in [5.74, 6) is 2.07. The molecule has 6 nitrogen and oxygen atoms in total. The summed E-state index contributed by atoms with van der Waals surface area (Å²) in [4.78, 5) is 20.3. The van der Waals surface area contributed by atoms with Crippen molar-refractivity contribution in [1.29, 1.82) is 0 Å². The van der Waals surface area contributed by atoms with Crippen molar-refractivity contribution in [2.75, 3.05) is 18.0 Å². The molecule has 0 spiro atoms. The molecule has 0 saturated carbocycles. The molecule has 2 aromatic heterocycles. The Kier molecular flexibility index (Phi) is 4.71. The molecule has 1 aliphatic rings. The lowest BCUT2D eigenvalue weighted by molar-refractivity contribution is 0.476. The number of piperidine rings is 1. The lowest BCUT2D eigenvalue weighted by atomic mass is 9.95. The van der Waals surface area contributed by atoms with E-state index in [1.807, 2.05) is 12.1 Å². The molecule has 1 fully saturated rings. The van der Waals surface area contributed by atoms with Gasteiger partial charge in [-0.15, -0.1) is 0 Å². The summed E-state index contributed by atoms with van der Waals surface area (Å²) in [6, 6.07) is 13.3. The summed E-state index contributed by atoms with van der Waals surface area (Å²) >= 11 is 0. The number of hydrogen-bond acceptors (Lipinski definition) is 6. The fourth-order valence-electron chi connectivity index (χ4n) is 3.98. The molecule has 7 heteroatoms. The molecule has 30 heavy (non-hydrogen) atoms. The van der Waals surface area contributed by atoms with Crippen molar-refractivity contribution in [2.45, 2.75) is 18.8 Å². The molecule has 0 unspecified atom stereocenters. The number of phenols is 1. The van der Waals surface area contributed by atoms with Gasteiger partial charge in [0.1, 0.15) is 23.2 Å². The Morgan fingerprint density at radius 3 is 2.47 bits per heavy atom. The predicted octanol–water partition coefficient (Wildman–Crippen LogP) is 4.32. The van der Waals surface area contributed by atoms with Crippen LogP contribution in [0.1, 0.15) is 24.6 Å². The highest BCUT2D eigenvalue weighted by molar-refractivity contribution is 5.91. The van der Waals surface area contributed by atoms with Crippen LogP contribution < -0.4 is 4.90 Å². The molecule has 1 aliphatic heterocycles. The molecule has 4 aromatic rings. The summed E-state index contributed by atoms with van der Waals surface area (Å²) in [6.45, 7) is 1.51. The molecule has 0 amide bonds. The van der Waals surface area contributed by atoms with Gasteiger partial charge in [0.25, 0.3) is 0 Å². The zero-order valence-electron chi connectivity index (χ0n) is 16.2. The van der Waals surface area contributed by atoms with E-state index >= 15 is 0 Å². The highest BCUT2D eigenvalue weighted by Crippen LogP contribution is 2.34. The van der Waals surface area contributed by atoms with Gasteiger partial charge in [-0.25, -0.2) is 24.3 Å². The van der Waals surface area contributed by atoms with Crippen LogP contribution in [-0.4, -0.2) is 38.1 Å². The zero-order chi connectivity index (χ0) is 20.5. The number of anilines is 1. The summed E-state index contributed by atoms with van der Waals surface area (Å²) in [5, 5.41) is 10.9. The topological polar surface area (TPSA) is 75.0 Å². The smallest absolute Gasteiger partial charge is 0.165 e. The predicted molar refractivity (Wildman–Crippen MR) is 113 cm³/mol. The van der Waals surface area contributed by atoms with E-state index in [1.165, 1.54) is 12.1 Å². The van der Waals surface area contributed by atoms with E-state index in [4.69, 9.17) is 4.98 Å². The first-order valence-electron chi connectivity index (χ1n) is 9.96. The molecule has 0 aliphatic carbocycles. The van der Waals surface area contributed by atoms with Crippen LogP contribution in [0.4, 0.5) is 10.2 Å². The Bertz CT molecular complexity index is 1190. The molecular weight excluding hydrogens is 381 g/mol. The van der Waals surface area contributed by atoms with Gasteiger partial charge in [0, 0.05) is 36.8 Å². The quantitative estimate of drug-likeness (QED) is 0.551. The van der Waals surface area contributed by atoms with E-state index in [-0.39, 0.29) is 11.6 Å². The maximum absolute atomic E-state index is 14.0. The Morgan fingerprint density at radius 2 is 1.70 bits per heavy atom. The number of phenolic OH excluding ortho intramolecular Hbond substituents is 1.